The molecular formula is C28H40Br2N8O4. The Hall–Kier alpha value is -2.68. The summed E-state index contributed by atoms with van der Waals surface area (Å²) in [7, 11) is 8.75. The van der Waals surface area contributed by atoms with Crippen LogP contribution in [0.2, 0.25) is 0 Å². The highest BCUT2D eigenvalue weighted by atomic mass is 79.9. The Labute approximate surface area is 268 Å². The van der Waals surface area contributed by atoms with Crippen LogP contribution in [0.25, 0.3) is 0 Å². The fourth-order valence-corrected chi connectivity index (χ4v) is 5.37. The molecular weight excluding hydrogens is 672 g/mol. The lowest BCUT2D eigenvalue weighted by atomic mass is 10.1. The number of quaternary nitrogens is 2. The second kappa shape index (κ2) is 15.2. The summed E-state index contributed by atoms with van der Waals surface area (Å²) in [5.74, 6) is -1.40. The Morgan fingerprint density at radius 3 is 1.02 bits per heavy atom. The largest absolute Gasteiger partial charge is 1.00 e. The zero-order chi connectivity index (χ0) is 28.9. The first-order valence-corrected chi connectivity index (χ1v) is 14.0. The van der Waals surface area contributed by atoms with Crippen LogP contribution < -0.4 is 34.0 Å². The van der Waals surface area contributed by atoms with Crippen LogP contribution in [0.5, 0.6) is 0 Å². The van der Waals surface area contributed by atoms with Gasteiger partial charge in [-0.15, -0.1) is 0 Å². The molecule has 2 aliphatic heterocycles. The third kappa shape index (κ3) is 8.45. The normalized spacial score (nSPS) is 14.6. The van der Waals surface area contributed by atoms with E-state index in [4.69, 9.17) is 0 Å². The quantitative estimate of drug-likeness (QED) is 0.103. The lowest BCUT2D eigenvalue weighted by Crippen LogP contribution is -3.00. The maximum Gasteiger partial charge on any atom is 0.281 e. The molecule has 42 heavy (non-hydrogen) atoms. The number of imide groups is 2. The number of rotatable bonds is 15. The van der Waals surface area contributed by atoms with Crippen molar-refractivity contribution < 1.29 is 62.1 Å². The number of aromatic nitrogens is 4. The first kappa shape index (κ1) is 35.5. The van der Waals surface area contributed by atoms with Crippen LogP contribution in [0, 0.1) is 0 Å². The molecule has 0 atom stereocenters. The number of hydrogen-bond acceptors (Lipinski definition) is 8. The van der Waals surface area contributed by atoms with Crippen LogP contribution in [-0.2, 0) is 0 Å². The monoisotopic (exact) mass is 710 g/mol. The molecule has 14 heteroatoms. The Morgan fingerprint density at radius 1 is 0.476 bits per heavy atom. The number of nitrogens with zero attached hydrogens (tertiary/aromatic N) is 8. The van der Waals surface area contributed by atoms with Gasteiger partial charge < -0.3 is 42.9 Å². The highest BCUT2D eigenvalue weighted by molar-refractivity contribution is 6.19. The van der Waals surface area contributed by atoms with E-state index in [-0.39, 0.29) is 80.4 Å². The van der Waals surface area contributed by atoms with Crippen molar-refractivity contribution in [3.63, 3.8) is 0 Å². The van der Waals surface area contributed by atoms with Crippen molar-refractivity contribution in [2.24, 2.45) is 0 Å². The van der Waals surface area contributed by atoms with E-state index in [1.54, 1.807) is 0 Å². The highest BCUT2D eigenvalue weighted by Gasteiger charge is 2.39. The predicted octanol–water partition coefficient (Wildman–Crippen LogP) is -4.34. The molecule has 4 heterocycles. The average Bonchev–Trinajstić information content (AvgIpc) is 3.31. The topological polar surface area (TPSA) is 126 Å². The van der Waals surface area contributed by atoms with E-state index in [1.165, 1.54) is 34.6 Å². The van der Waals surface area contributed by atoms with Gasteiger partial charge in [-0.2, -0.15) is 0 Å². The minimum Gasteiger partial charge on any atom is -1.00 e. The fraction of sp³-hybridized carbons (Fsp3) is 0.571. The van der Waals surface area contributed by atoms with Gasteiger partial charge in [0.1, 0.15) is 0 Å². The molecule has 0 unspecified atom stereocenters. The predicted molar refractivity (Wildman–Crippen MR) is 146 cm³/mol. The van der Waals surface area contributed by atoms with E-state index < -0.39 is 0 Å². The number of fused-ring (bicyclic) bond motifs is 2. The van der Waals surface area contributed by atoms with Crippen LogP contribution >= 0.6 is 0 Å². The van der Waals surface area contributed by atoms with Crippen LogP contribution in [0.4, 0.5) is 0 Å². The second-order valence-electron chi connectivity index (χ2n) is 11.9. The van der Waals surface area contributed by atoms with Gasteiger partial charge in [0.15, 0.2) is 22.8 Å². The Morgan fingerprint density at radius 2 is 0.738 bits per heavy atom. The van der Waals surface area contributed by atoms with Crippen LogP contribution in [0.3, 0.4) is 0 Å². The molecule has 12 nitrogen and oxygen atoms in total. The van der Waals surface area contributed by atoms with Crippen molar-refractivity contribution in [1.82, 2.24) is 29.7 Å². The SMILES string of the molecule is C[N+](C)(CCCCCC[N+](C)(C)CCCN1C(=O)c2nccnc2C1=O)CCCN1C(=O)c2nccnc2C1=O.[Br-].[Br-]. The molecule has 0 spiro atoms. The number of hydrogen-bond donors (Lipinski definition) is 0. The van der Waals surface area contributed by atoms with E-state index in [2.05, 4.69) is 48.1 Å². The Bertz CT molecular complexity index is 1120. The van der Waals surface area contributed by atoms with Crippen molar-refractivity contribution in [3.8, 4) is 0 Å². The molecule has 0 N–H and O–H groups in total. The summed E-state index contributed by atoms with van der Waals surface area (Å²) in [6.07, 6.45) is 11.7. The van der Waals surface area contributed by atoms with Crippen LogP contribution in [0.1, 0.15) is 80.5 Å². The molecule has 0 fully saturated rings. The standard InChI is InChI=1S/C28H40N8O4.2BrH/c1-35(2,19-9-15-33-25(37)21-22(26(33)38)30-12-11-29-21)17-7-5-6-8-18-36(3,4)20-10-16-34-27(39)23-24(28(34)40)32-14-13-31-23;;/h11-14H,5-10,15-20H2,1-4H3;2*1H/q+2;;/p-2. The van der Waals surface area contributed by atoms with Crippen molar-refractivity contribution in [2.75, 3.05) is 67.5 Å². The summed E-state index contributed by atoms with van der Waals surface area (Å²) >= 11 is 0. The molecule has 0 bridgehead atoms. The number of halogens is 2. The van der Waals surface area contributed by atoms with Crippen molar-refractivity contribution in [1.29, 1.82) is 0 Å². The second-order valence-corrected chi connectivity index (χ2v) is 11.9. The van der Waals surface area contributed by atoms with Gasteiger partial charge in [0, 0.05) is 50.7 Å². The van der Waals surface area contributed by atoms with Crippen LogP contribution in [-0.4, -0.2) is 130 Å². The third-order valence-corrected chi connectivity index (χ3v) is 7.75. The first-order chi connectivity index (χ1) is 19.0. The number of carbonyl (C=O) groups excluding carboxylic acids is 4. The number of carbonyl (C=O) groups is 4. The van der Waals surface area contributed by atoms with Gasteiger partial charge in [0.2, 0.25) is 0 Å². The molecule has 4 rings (SSSR count). The molecule has 0 aromatic carbocycles. The average molecular weight is 712 g/mol. The van der Waals surface area contributed by atoms with E-state index in [1.807, 2.05) is 0 Å². The van der Waals surface area contributed by atoms with Gasteiger partial charge in [-0.3, -0.25) is 29.0 Å². The smallest absolute Gasteiger partial charge is 0.281 e. The van der Waals surface area contributed by atoms with E-state index in [9.17, 15) is 19.2 Å². The summed E-state index contributed by atoms with van der Waals surface area (Å²) in [6, 6.07) is 0. The van der Waals surface area contributed by atoms with Gasteiger partial charge in [-0.25, -0.2) is 19.9 Å². The lowest BCUT2D eigenvalue weighted by Gasteiger charge is -2.31. The highest BCUT2D eigenvalue weighted by Crippen LogP contribution is 2.20. The summed E-state index contributed by atoms with van der Waals surface area (Å²) in [6.45, 7) is 4.58. The maximum atomic E-state index is 12.5. The maximum absolute atomic E-state index is 12.5. The zero-order valence-corrected chi connectivity index (χ0v) is 27.9. The third-order valence-electron chi connectivity index (χ3n) is 7.75. The molecule has 0 radical (unpaired) electrons. The van der Waals surface area contributed by atoms with E-state index >= 15 is 0 Å². The Balaban J connectivity index is 0.00000308. The first-order valence-electron chi connectivity index (χ1n) is 14.0. The van der Waals surface area contributed by atoms with E-state index in [0.717, 1.165) is 73.7 Å². The summed E-state index contributed by atoms with van der Waals surface area (Å²) in [4.78, 5) is 68.4. The van der Waals surface area contributed by atoms with Crippen molar-refractivity contribution in [3.05, 3.63) is 47.6 Å². The van der Waals surface area contributed by atoms with Gasteiger partial charge >= 0.3 is 0 Å². The summed E-state index contributed by atoms with van der Waals surface area (Å²) in [5, 5.41) is 0. The summed E-state index contributed by atoms with van der Waals surface area (Å²) in [5.41, 5.74) is 0.615. The Kier molecular flexibility index (Phi) is 12.8. The van der Waals surface area contributed by atoms with Gasteiger partial charge in [-0.1, -0.05) is 0 Å². The number of amides is 4. The zero-order valence-electron chi connectivity index (χ0n) is 24.8. The lowest BCUT2D eigenvalue weighted by molar-refractivity contribution is -0.891. The molecule has 2 aromatic heterocycles. The van der Waals surface area contributed by atoms with Gasteiger partial charge in [0.05, 0.1) is 54.4 Å². The molecule has 2 aromatic rings. The van der Waals surface area contributed by atoms with E-state index in [0.29, 0.717) is 13.1 Å². The minimum atomic E-state index is -0.349. The molecule has 0 aliphatic carbocycles. The minimum absolute atomic E-state index is 0. The molecule has 0 saturated heterocycles. The van der Waals surface area contributed by atoms with Crippen molar-refractivity contribution >= 4 is 23.6 Å². The molecule has 2 aliphatic rings. The molecule has 4 amide bonds. The molecule has 230 valence electrons. The van der Waals surface area contributed by atoms with Gasteiger partial charge in [-0.05, 0) is 25.7 Å². The van der Waals surface area contributed by atoms with Crippen molar-refractivity contribution in [2.45, 2.75) is 38.5 Å². The fourth-order valence-electron chi connectivity index (χ4n) is 5.37. The van der Waals surface area contributed by atoms with Crippen LogP contribution in [0.15, 0.2) is 24.8 Å². The number of unbranched alkanes of at least 4 members (excludes halogenated alkanes) is 3. The molecule has 0 saturated carbocycles. The van der Waals surface area contributed by atoms with Gasteiger partial charge in [0.25, 0.3) is 23.6 Å². The summed E-state index contributed by atoms with van der Waals surface area (Å²) < 4.78 is 1.67.